The standard InChI is InChI=1S/C21H30N8O3S/c1-5-7-8-28-9-11-29(12-10-28)20-26-18(31-3)17(19(27-20)32-4)33-21-23-14(22)13-15(25-21)24-16(30)6-2/h6,13H,2,5,7-12H2,1,3-4H3,(H3,22,23,24,25,30). The molecular formula is C21H30N8O3S. The highest BCUT2D eigenvalue weighted by molar-refractivity contribution is 7.99. The van der Waals surface area contributed by atoms with Gasteiger partial charge in [0, 0.05) is 32.2 Å². The molecule has 2 aromatic rings. The quantitative estimate of drug-likeness (QED) is 0.387. The van der Waals surface area contributed by atoms with Crippen LogP contribution >= 0.6 is 11.8 Å². The van der Waals surface area contributed by atoms with Crippen LogP contribution in [0.5, 0.6) is 11.8 Å². The van der Waals surface area contributed by atoms with Crippen molar-refractivity contribution in [2.45, 2.75) is 29.8 Å². The number of ether oxygens (including phenoxy) is 2. The molecule has 0 aliphatic carbocycles. The van der Waals surface area contributed by atoms with Gasteiger partial charge in [0.2, 0.25) is 23.6 Å². The number of carbonyl (C=O) groups excluding carboxylic acids is 1. The van der Waals surface area contributed by atoms with Crippen molar-refractivity contribution in [3.63, 3.8) is 0 Å². The van der Waals surface area contributed by atoms with Gasteiger partial charge in [-0.25, -0.2) is 9.97 Å². The van der Waals surface area contributed by atoms with Crippen molar-refractivity contribution in [3.8, 4) is 11.8 Å². The molecule has 3 heterocycles. The van der Waals surface area contributed by atoms with Gasteiger partial charge in [-0.1, -0.05) is 19.9 Å². The maximum absolute atomic E-state index is 11.6. The number of piperazine rings is 1. The van der Waals surface area contributed by atoms with Crippen LogP contribution in [0.1, 0.15) is 19.8 Å². The highest BCUT2D eigenvalue weighted by Crippen LogP contribution is 2.40. The minimum Gasteiger partial charge on any atom is -0.480 e. The van der Waals surface area contributed by atoms with E-state index in [9.17, 15) is 4.79 Å². The Hall–Kier alpha value is -3.12. The van der Waals surface area contributed by atoms with Crippen LogP contribution in [0.25, 0.3) is 0 Å². The Balaban J connectivity index is 1.82. The molecule has 3 N–H and O–H groups in total. The largest absolute Gasteiger partial charge is 0.480 e. The summed E-state index contributed by atoms with van der Waals surface area (Å²) in [7, 11) is 3.07. The second-order valence-corrected chi connectivity index (χ2v) is 8.29. The van der Waals surface area contributed by atoms with Gasteiger partial charge >= 0.3 is 0 Å². The van der Waals surface area contributed by atoms with E-state index >= 15 is 0 Å². The number of nitrogens with zero attached hydrogens (tertiary/aromatic N) is 6. The summed E-state index contributed by atoms with van der Waals surface area (Å²) in [5.74, 6) is 1.29. The molecule has 1 amide bonds. The van der Waals surface area contributed by atoms with E-state index in [-0.39, 0.29) is 16.8 Å². The number of unbranched alkanes of at least 4 members (excludes halogenated alkanes) is 1. The smallest absolute Gasteiger partial charge is 0.248 e. The van der Waals surface area contributed by atoms with Crippen LogP contribution in [-0.2, 0) is 4.79 Å². The highest BCUT2D eigenvalue weighted by Gasteiger charge is 2.24. The normalized spacial score (nSPS) is 14.1. The summed E-state index contributed by atoms with van der Waals surface area (Å²) in [6.07, 6.45) is 3.54. The maximum Gasteiger partial charge on any atom is 0.248 e. The van der Waals surface area contributed by atoms with E-state index in [1.54, 1.807) is 0 Å². The summed E-state index contributed by atoms with van der Waals surface area (Å²) in [5.41, 5.74) is 5.89. The lowest BCUT2D eigenvalue weighted by Crippen LogP contribution is -2.47. The fourth-order valence-corrected chi connectivity index (χ4v) is 4.19. The monoisotopic (exact) mass is 474 g/mol. The minimum atomic E-state index is -0.401. The number of aromatic nitrogens is 4. The fraction of sp³-hybridized carbons (Fsp3) is 0.476. The number of methoxy groups -OCH3 is 2. The topological polar surface area (TPSA) is 132 Å². The fourth-order valence-electron chi connectivity index (χ4n) is 3.28. The van der Waals surface area contributed by atoms with E-state index in [2.05, 4.69) is 48.6 Å². The van der Waals surface area contributed by atoms with Crippen molar-refractivity contribution < 1.29 is 14.3 Å². The first-order valence-electron chi connectivity index (χ1n) is 10.7. The van der Waals surface area contributed by atoms with Crippen LogP contribution in [0.2, 0.25) is 0 Å². The van der Waals surface area contributed by atoms with E-state index in [4.69, 9.17) is 15.2 Å². The van der Waals surface area contributed by atoms with Crippen molar-refractivity contribution in [1.82, 2.24) is 24.8 Å². The lowest BCUT2D eigenvalue weighted by Gasteiger charge is -2.34. The van der Waals surface area contributed by atoms with E-state index in [0.717, 1.165) is 50.6 Å². The van der Waals surface area contributed by atoms with Crippen molar-refractivity contribution >= 4 is 35.3 Å². The molecular weight excluding hydrogens is 444 g/mol. The Morgan fingerprint density at radius 1 is 1.18 bits per heavy atom. The van der Waals surface area contributed by atoms with E-state index in [0.29, 0.717) is 22.6 Å². The first-order chi connectivity index (χ1) is 16.0. The lowest BCUT2D eigenvalue weighted by molar-refractivity contribution is -0.111. The number of hydrogen-bond acceptors (Lipinski definition) is 11. The number of nitrogen functional groups attached to an aromatic ring is 1. The molecule has 178 valence electrons. The SMILES string of the molecule is C=CC(=O)Nc1cc(N)nc(Sc2c(OC)nc(N3CCN(CCCC)CC3)nc2OC)n1. The van der Waals surface area contributed by atoms with Crippen LogP contribution in [0, 0.1) is 0 Å². The van der Waals surface area contributed by atoms with Gasteiger partial charge in [0.05, 0.1) is 14.2 Å². The summed E-state index contributed by atoms with van der Waals surface area (Å²) < 4.78 is 11.1. The van der Waals surface area contributed by atoms with Crippen LogP contribution in [0.4, 0.5) is 17.6 Å². The van der Waals surface area contributed by atoms with Crippen LogP contribution in [0.15, 0.2) is 28.8 Å². The molecule has 0 bridgehead atoms. The zero-order valence-electron chi connectivity index (χ0n) is 19.2. The number of hydrogen-bond donors (Lipinski definition) is 2. The summed E-state index contributed by atoms with van der Waals surface area (Å²) in [5, 5.41) is 2.86. The second kappa shape index (κ2) is 11.7. The predicted molar refractivity (Wildman–Crippen MR) is 128 cm³/mol. The zero-order chi connectivity index (χ0) is 23.8. The van der Waals surface area contributed by atoms with E-state index in [1.165, 1.54) is 33.1 Å². The van der Waals surface area contributed by atoms with Gasteiger partial charge < -0.3 is 25.4 Å². The van der Waals surface area contributed by atoms with E-state index in [1.807, 2.05) is 0 Å². The van der Waals surface area contributed by atoms with Crippen molar-refractivity contribution in [1.29, 1.82) is 0 Å². The molecule has 0 aromatic carbocycles. The molecule has 0 unspecified atom stereocenters. The third-order valence-corrected chi connectivity index (χ3v) is 5.94. The first-order valence-corrected chi connectivity index (χ1v) is 11.5. The highest BCUT2D eigenvalue weighted by atomic mass is 32.2. The van der Waals surface area contributed by atoms with E-state index < -0.39 is 5.91 Å². The van der Waals surface area contributed by atoms with Gasteiger partial charge in [0.15, 0.2) is 5.16 Å². The van der Waals surface area contributed by atoms with Gasteiger partial charge in [-0.2, -0.15) is 9.97 Å². The third-order valence-electron chi connectivity index (χ3n) is 5.02. The Morgan fingerprint density at radius 2 is 1.85 bits per heavy atom. The summed E-state index contributed by atoms with van der Waals surface area (Å²) >= 11 is 1.14. The number of nitrogens with one attached hydrogen (secondary N) is 1. The molecule has 0 atom stereocenters. The van der Waals surface area contributed by atoms with Gasteiger partial charge in [0.1, 0.15) is 16.5 Å². The van der Waals surface area contributed by atoms with Gasteiger partial charge in [-0.3, -0.25) is 9.69 Å². The Bertz CT molecular complexity index is 957. The maximum atomic E-state index is 11.6. The Kier molecular flexibility index (Phi) is 8.66. The molecule has 12 heteroatoms. The molecule has 1 aliphatic heterocycles. The minimum absolute atomic E-state index is 0.197. The Morgan fingerprint density at radius 3 is 2.42 bits per heavy atom. The number of carbonyl (C=O) groups is 1. The van der Waals surface area contributed by atoms with Crippen molar-refractivity contribution in [2.75, 3.05) is 62.9 Å². The summed E-state index contributed by atoms with van der Waals surface area (Å²) in [6, 6.07) is 1.46. The second-order valence-electron chi connectivity index (χ2n) is 7.31. The summed E-state index contributed by atoms with van der Waals surface area (Å²) in [4.78, 5) is 34.5. The third kappa shape index (κ3) is 6.45. The molecule has 11 nitrogen and oxygen atoms in total. The van der Waals surface area contributed by atoms with Gasteiger partial charge in [0.25, 0.3) is 0 Å². The molecule has 0 saturated carbocycles. The van der Waals surface area contributed by atoms with Gasteiger partial charge in [-0.15, -0.1) is 0 Å². The first kappa shape index (κ1) is 24.5. The average molecular weight is 475 g/mol. The molecule has 1 fully saturated rings. The number of amides is 1. The van der Waals surface area contributed by atoms with Crippen LogP contribution in [0.3, 0.4) is 0 Å². The van der Waals surface area contributed by atoms with Gasteiger partial charge in [-0.05, 0) is 30.8 Å². The number of rotatable bonds is 10. The number of nitrogens with two attached hydrogens (primary N) is 1. The van der Waals surface area contributed by atoms with Crippen LogP contribution in [-0.4, -0.2) is 77.7 Å². The number of anilines is 3. The lowest BCUT2D eigenvalue weighted by atomic mass is 10.2. The molecule has 0 radical (unpaired) electrons. The van der Waals surface area contributed by atoms with Crippen molar-refractivity contribution in [3.05, 3.63) is 18.7 Å². The van der Waals surface area contributed by atoms with Crippen molar-refractivity contribution in [2.24, 2.45) is 0 Å². The summed E-state index contributed by atoms with van der Waals surface area (Å²) in [6.45, 7) is 10.3. The average Bonchev–Trinajstić information content (AvgIpc) is 2.82. The zero-order valence-corrected chi connectivity index (χ0v) is 20.0. The molecule has 0 spiro atoms. The van der Waals surface area contributed by atoms with Crippen LogP contribution < -0.4 is 25.4 Å². The molecule has 33 heavy (non-hydrogen) atoms. The molecule has 1 saturated heterocycles. The molecule has 1 aliphatic rings. The Labute approximate surface area is 197 Å². The predicted octanol–water partition coefficient (Wildman–Crippen LogP) is 2.06. The molecule has 3 rings (SSSR count). The molecule has 2 aromatic heterocycles.